The summed E-state index contributed by atoms with van der Waals surface area (Å²) in [5.41, 5.74) is 0.859. The van der Waals surface area contributed by atoms with E-state index in [0.29, 0.717) is 32.2 Å². The van der Waals surface area contributed by atoms with Crippen molar-refractivity contribution in [2.24, 2.45) is 7.05 Å². The minimum absolute atomic E-state index is 0.0152. The van der Waals surface area contributed by atoms with Crippen LogP contribution in [0.5, 0.6) is 0 Å². The van der Waals surface area contributed by atoms with Crippen LogP contribution >= 0.6 is 0 Å². The topological polar surface area (TPSA) is 82.5 Å². The van der Waals surface area contributed by atoms with E-state index in [1.165, 1.54) is 19.3 Å². The molecule has 1 aliphatic carbocycles. The number of rotatable bonds is 4. The second-order valence-corrected chi connectivity index (χ2v) is 7.27. The number of nitrogens with zero attached hydrogens (tertiary/aromatic N) is 4. The van der Waals surface area contributed by atoms with Gasteiger partial charge in [0.15, 0.2) is 0 Å². The van der Waals surface area contributed by atoms with Gasteiger partial charge in [-0.25, -0.2) is 4.79 Å². The summed E-state index contributed by atoms with van der Waals surface area (Å²) in [7, 11) is 3.62. The van der Waals surface area contributed by atoms with Crippen molar-refractivity contribution in [3.8, 4) is 0 Å². The van der Waals surface area contributed by atoms with Crippen LogP contribution in [0.25, 0.3) is 0 Å². The van der Waals surface area contributed by atoms with Crippen molar-refractivity contribution < 1.29 is 9.59 Å². The largest absolute Gasteiger partial charge is 0.337 e. The van der Waals surface area contributed by atoms with Crippen molar-refractivity contribution in [1.29, 1.82) is 0 Å². The second kappa shape index (κ2) is 8.53. The smallest absolute Gasteiger partial charge is 0.317 e. The number of carbonyl (C=O) groups excluding carboxylic acids is 2. The van der Waals surface area contributed by atoms with Gasteiger partial charge in [0.25, 0.3) is 0 Å². The fourth-order valence-electron chi connectivity index (χ4n) is 3.85. The molecule has 1 aromatic rings. The van der Waals surface area contributed by atoms with E-state index >= 15 is 0 Å². The second-order valence-electron chi connectivity index (χ2n) is 7.27. The first-order valence-corrected chi connectivity index (χ1v) is 9.58. The lowest BCUT2D eigenvalue weighted by Crippen LogP contribution is -2.56. The lowest BCUT2D eigenvalue weighted by Gasteiger charge is -2.37. The van der Waals surface area contributed by atoms with Gasteiger partial charge in [0, 0.05) is 51.0 Å². The molecule has 1 unspecified atom stereocenters. The number of aryl methyl sites for hydroxylation is 1. The third-order valence-electron chi connectivity index (χ3n) is 5.41. The van der Waals surface area contributed by atoms with Crippen molar-refractivity contribution >= 4 is 11.9 Å². The SMILES string of the molecule is CNC(C(=O)N1CCN(C(=O)NC2CCCCC2)CC1)c1cnn(C)c1. The van der Waals surface area contributed by atoms with E-state index in [2.05, 4.69) is 15.7 Å². The minimum Gasteiger partial charge on any atom is -0.337 e. The van der Waals surface area contributed by atoms with Crippen LogP contribution in [0.15, 0.2) is 12.4 Å². The van der Waals surface area contributed by atoms with E-state index in [0.717, 1.165) is 18.4 Å². The molecule has 2 aliphatic rings. The van der Waals surface area contributed by atoms with Crippen LogP contribution < -0.4 is 10.6 Å². The van der Waals surface area contributed by atoms with Gasteiger partial charge in [-0.1, -0.05) is 19.3 Å². The fraction of sp³-hybridized carbons (Fsp3) is 0.722. The number of likely N-dealkylation sites (N-methyl/N-ethyl adjacent to an activating group) is 1. The number of amides is 3. The highest BCUT2D eigenvalue weighted by Gasteiger charge is 2.30. The average Bonchev–Trinajstić information content (AvgIpc) is 3.09. The fourth-order valence-corrected chi connectivity index (χ4v) is 3.85. The molecule has 1 aromatic heterocycles. The maximum atomic E-state index is 12.8. The summed E-state index contributed by atoms with van der Waals surface area (Å²) >= 11 is 0. The number of piperazine rings is 1. The van der Waals surface area contributed by atoms with Gasteiger partial charge in [-0.15, -0.1) is 0 Å². The van der Waals surface area contributed by atoms with E-state index in [4.69, 9.17) is 0 Å². The highest BCUT2D eigenvalue weighted by Crippen LogP contribution is 2.19. The van der Waals surface area contributed by atoms with Gasteiger partial charge in [0.05, 0.1) is 6.20 Å². The van der Waals surface area contributed by atoms with Crippen molar-refractivity contribution in [2.45, 2.75) is 44.2 Å². The third kappa shape index (κ3) is 4.35. The molecule has 1 saturated carbocycles. The van der Waals surface area contributed by atoms with E-state index in [9.17, 15) is 9.59 Å². The lowest BCUT2D eigenvalue weighted by molar-refractivity contribution is -0.134. The molecular formula is C18H30N6O2. The third-order valence-corrected chi connectivity index (χ3v) is 5.41. The summed E-state index contributed by atoms with van der Waals surface area (Å²) in [6.07, 6.45) is 9.41. The zero-order valence-corrected chi connectivity index (χ0v) is 15.8. The molecule has 144 valence electrons. The summed E-state index contributed by atoms with van der Waals surface area (Å²) in [5, 5.41) is 10.4. The molecule has 2 heterocycles. The van der Waals surface area contributed by atoms with E-state index in [1.807, 2.05) is 23.0 Å². The molecule has 3 amide bonds. The number of urea groups is 1. The number of carbonyl (C=O) groups is 2. The normalized spacial score (nSPS) is 20.1. The Hall–Kier alpha value is -2.09. The van der Waals surface area contributed by atoms with Crippen LogP contribution in [0, 0.1) is 0 Å². The first-order chi connectivity index (χ1) is 12.6. The summed E-state index contributed by atoms with van der Waals surface area (Å²) in [4.78, 5) is 28.9. The zero-order chi connectivity index (χ0) is 18.5. The minimum atomic E-state index is -0.397. The summed E-state index contributed by atoms with van der Waals surface area (Å²) < 4.78 is 1.69. The molecule has 3 rings (SSSR count). The Kier molecular flexibility index (Phi) is 6.13. The molecule has 1 aliphatic heterocycles. The van der Waals surface area contributed by atoms with Gasteiger partial charge < -0.3 is 20.4 Å². The van der Waals surface area contributed by atoms with Crippen LogP contribution in [0.2, 0.25) is 0 Å². The van der Waals surface area contributed by atoms with Crippen LogP contribution in [0.4, 0.5) is 4.79 Å². The molecule has 0 bridgehead atoms. The summed E-state index contributed by atoms with van der Waals surface area (Å²) in [5.74, 6) is 0.0350. The first kappa shape index (κ1) is 18.7. The monoisotopic (exact) mass is 362 g/mol. The molecule has 1 saturated heterocycles. The van der Waals surface area contributed by atoms with Crippen molar-refractivity contribution in [3.63, 3.8) is 0 Å². The number of aromatic nitrogens is 2. The Balaban J connectivity index is 1.50. The average molecular weight is 362 g/mol. The Morgan fingerprint density at radius 1 is 1.12 bits per heavy atom. The Morgan fingerprint density at radius 2 is 1.77 bits per heavy atom. The first-order valence-electron chi connectivity index (χ1n) is 9.58. The van der Waals surface area contributed by atoms with Crippen molar-refractivity contribution in [3.05, 3.63) is 18.0 Å². The molecular weight excluding hydrogens is 332 g/mol. The van der Waals surface area contributed by atoms with Gasteiger partial charge in [-0.05, 0) is 19.9 Å². The molecule has 0 spiro atoms. The van der Waals surface area contributed by atoms with Gasteiger partial charge in [-0.2, -0.15) is 5.10 Å². The quantitative estimate of drug-likeness (QED) is 0.833. The highest BCUT2D eigenvalue weighted by atomic mass is 16.2. The van der Waals surface area contributed by atoms with E-state index < -0.39 is 6.04 Å². The van der Waals surface area contributed by atoms with Gasteiger partial charge in [0.1, 0.15) is 6.04 Å². The van der Waals surface area contributed by atoms with Crippen LogP contribution in [-0.4, -0.2) is 70.8 Å². The molecule has 2 N–H and O–H groups in total. The van der Waals surface area contributed by atoms with E-state index in [1.54, 1.807) is 17.9 Å². The number of hydrogen-bond acceptors (Lipinski definition) is 4. The number of nitrogens with one attached hydrogen (secondary N) is 2. The van der Waals surface area contributed by atoms with Crippen molar-refractivity contribution in [1.82, 2.24) is 30.2 Å². The molecule has 2 fully saturated rings. The van der Waals surface area contributed by atoms with Crippen molar-refractivity contribution in [2.75, 3.05) is 33.2 Å². The highest BCUT2D eigenvalue weighted by molar-refractivity contribution is 5.83. The predicted molar refractivity (Wildman–Crippen MR) is 98.6 cm³/mol. The lowest BCUT2D eigenvalue weighted by atomic mass is 9.96. The Labute approximate surface area is 154 Å². The standard InChI is InChI=1S/C18H30N6O2/c1-19-16(14-12-20-22(2)13-14)17(25)23-8-10-24(11-9-23)18(26)21-15-6-4-3-5-7-15/h12-13,15-16,19H,3-11H2,1-2H3,(H,21,26). The van der Waals surface area contributed by atoms with Crippen LogP contribution in [-0.2, 0) is 11.8 Å². The van der Waals surface area contributed by atoms with Crippen LogP contribution in [0.3, 0.4) is 0 Å². The molecule has 26 heavy (non-hydrogen) atoms. The zero-order valence-electron chi connectivity index (χ0n) is 15.8. The molecule has 0 aromatic carbocycles. The summed E-state index contributed by atoms with van der Waals surface area (Å²) in [6, 6.07) is -0.0668. The molecule has 0 radical (unpaired) electrons. The molecule has 1 atom stereocenters. The summed E-state index contributed by atoms with van der Waals surface area (Å²) in [6.45, 7) is 2.28. The predicted octanol–water partition coefficient (Wildman–Crippen LogP) is 0.867. The molecule has 8 nitrogen and oxygen atoms in total. The molecule has 8 heteroatoms. The number of hydrogen-bond donors (Lipinski definition) is 2. The van der Waals surface area contributed by atoms with Crippen LogP contribution in [0.1, 0.15) is 43.7 Å². The Morgan fingerprint density at radius 3 is 2.35 bits per heavy atom. The van der Waals surface area contributed by atoms with Gasteiger partial charge >= 0.3 is 6.03 Å². The maximum absolute atomic E-state index is 12.8. The Bertz CT molecular complexity index is 617. The van der Waals surface area contributed by atoms with E-state index in [-0.39, 0.29) is 11.9 Å². The van der Waals surface area contributed by atoms with Gasteiger partial charge in [0.2, 0.25) is 5.91 Å². The van der Waals surface area contributed by atoms with Gasteiger partial charge in [-0.3, -0.25) is 9.48 Å². The maximum Gasteiger partial charge on any atom is 0.317 e.